The Morgan fingerprint density at radius 1 is 1.32 bits per heavy atom. The first kappa shape index (κ1) is 13.3. The van der Waals surface area contributed by atoms with E-state index in [0.29, 0.717) is 0 Å². The SMILES string of the molecule is Cc1nc2cc(C(F)(F)F)c(C=O)c(C)c2c(=O)[nH]1. The summed E-state index contributed by atoms with van der Waals surface area (Å²) in [4.78, 5) is 28.9. The molecule has 0 fully saturated rings. The first-order chi connectivity index (χ1) is 8.75. The lowest BCUT2D eigenvalue weighted by Gasteiger charge is -2.13. The molecule has 1 aromatic heterocycles. The molecule has 0 bridgehead atoms. The second-order valence-electron chi connectivity index (χ2n) is 4.12. The number of aromatic amines is 1. The molecule has 0 aliphatic heterocycles. The van der Waals surface area contributed by atoms with Crippen LogP contribution in [0.3, 0.4) is 0 Å². The zero-order valence-corrected chi connectivity index (χ0v) is 10.1. The Morgan fingerprint density at radius 3 is 2.47 bits per heavy atom. The van der Waals surface area contributed by atoms with Gasteiger partial charge in [0, 0.05) is 5.56 Å². The van der Waals surface area contributed by atoms with Gasteiger partial charge in [-0.3, -0.25) is 9.59 Å². The average Bonchev–Trinajstić information content (AvgIpc) is 2.26. The molecule has 0 atom stereocenters. The minimum absolute atomic E-state index is 0.000648. The molecule has 2 rings (SSSR count). The van der Waals surface area contributed by atoms with Crippen LogP contribution < -0.4 is 5.56 Å². The fourth-order valence-electron chi connectivity index (χ4n) is 2.01. The Kier molecular flexibility index (Phi) is 2.92. The van der Waals surface area contributed by atoms with Crippen molar-refractivity contribution in [2.24, 2.45) is 0 Å². The number of aryl methyl sites for hydroxylation is 2. The molecule has 0 amide bonds. The Morgan fingerprint density at radius 2 is 1.95 bits per heavy atom. The van der Waals surface area contributed by atoms with Gasteiger partial charge in [-0.05, 0) is 25.5 Å². The summed E-state index contributed by atoms with van der Waals surface area (Å²) in [7, 11) is 0. The number of hydrogen-bond donors (Lipinski definition) is 1. The van der Waals surface area contributed by atoms with Crippen LogP contribution in [0.25, 0.3) is 10.9 Å². The summed E-state index contributed by atoms with van der Waals surface area (Å²) in [6.07, 6.45) is -4.57. The Hall–Kier alpha value is -2.18. The largest absolute Gasteiger partial charge is 0.417 e. The van der Waals surface area contributed by atoms with E-state index in [-0.39, 0.29) is 28.6 Å². The van der Waals surface area contributed by atoms with Crippen LogP contribution in [0.15, 0.2) is 10.9 Å². The zero-order valence-electron chi connectivity index (χ0n) is 10.1. The third kappa shape index (κ3) is 2.11. The summed E-state index contributed by atoms with van der Waals surface area (Å²) in [6, 6.07) is 0.730. The standard InChI is InChI=1S/C12H9F3N2O2/c1-5-7(4-18)8(12(13,14)15)3-9-10(5)11(19)17-6(2)16-9/h3-4H,1-2H3,(H,16,17,19). The molecule has 0 aliphatic carbocycles. The summed E-state index contributed by atoms with van der Waals surface area (Å²) in [5, 5.41) is 0.000648. The number of halogens is 3. The molecule has 1 aromatic carbocycles. The maximum Gasteiger partial charge on any atom is 0.417 e. The van der Waals surface area contributed by atoms with Crippen molar-refractivity contribution >= 4 is 17.2 Å². The molecule has 19 heavy (non-hydrogen) atoms. The van der Waals surface area contributed by atoms with E-state index in [1.165, 1.54) is 13.8 Å². The van der Waals surface area contributed by atoms with Crippen molar-refractivity contribution in [2.75, 3.05) is 0 Å². The number of nitrogens with zero attached hydrogens (tertiary/aromatic N) is 1. The number of benzene rings is 1. The Balaban J connectivity index is 3.02. The van der Waals surface area contributed by atoms with Gasteiger partial charge in [0.25, 0.3) is 5.56 Å². The molecule has 2 aromatic rings. The number of rotatable bonds is 1. The van der Waals surface area contributed by atoms with Gasteiger partial charge < -0.3 is 4.98 Å². The van der Waals surface area contributed by atoms with Crippen LogP contribution in [0.5, 0.6) is 0 Å². The fourth-order valence-corrected chi connectivity index (χ4v) is 2.01. The van der Waals surface area contributed by atoms with E-state index in [1.54, 1.807) is 0 Å². The molecule has 0 radical (unpaired) electrons. The van der Waals surface area contributed by atoms with E-state index in [0.717, 1.165) is 6.07 Å². The number of alkyl halides is 3. The third-order valence-corrected chi connectivity index (χ3v) is 2.84. The number of fused-ring (bicyclic) bond motifs is 1. The Labute approximate surface area is 105 Å². The smallest absolute Gasteiger partial charge is 0.310 e. The summed E-state index contributed by atoms with van der Waals surface area (Å²) in [6.45, 7) is 2.77. The lowest BCUT2D eigenvalue weighted by molar-refractivity contribution is -0.137. The van der Waals surface area contributed by atoms with Gasteiger partial charge in [0.1, 0.15) is 5.82 Å². The molecule has 1 heterocycles. The highest BCUT2D eigenvalue weighted by Gasteiger charge is 2.35. The van der Waals surface area contributed by atoms with E-state index in [4.69, 9.17) is 0 Å². The van der Waals surface area contributed by atoms with Crippen molar-refractivity contribution in [2.45, 2.75) is 20.0 Å². The second kappa shape index (κ2) is 4.18. The molecule has 7 heteroatoms. The molecule has 0 unspecified atom stereocenters. The lowest BCUT2D eigenvalue weighted by atomic mass is 9.98. The van der Waals surface area contributed by atoms with E-state index in [1.807, 2.05) is 0 Å². The van der Waals surface area contributed by atoms with Crippen LogP contribution in [0.4, 0.5) is 13.2 Å². The first-order valence-electron chi connectivity index (χ1n) is 5.32. The van der Waals surface area contributed by atoms with Gasteiger partial charge in [-0.25, -0.2) is 4.98 Å². The molecule has 0 saturated carbocycles. The second-order valence-corrected chi connectivity index (χ2v) is 4.12. The van der Waals surface area contributed by atoms with Crippen LogP contribution in [0.2, 0.25) is 0 Å². The highest BCUT2D eigenvalue weighted by Crippen LogP contribution is 2.34. The molecule has 0 aliphatic rings. The van der Waals surface area contributed by atoms with Crippen LogP contribution in [0.1, 0.15) is 27.3 Å². The normalized spacial score (nSPS) is 11.8. The summed E-state index contributed by atoms with van der Waals surface area (Å²) in [5.74, 6) is 0.212. The summed E-state index contributed by atoms with van der Waals surface area (Å²) in [5.41, 5.74) is -2.26. The molecular weight excluding hydrogens is 261 g/mol. The predicted molar refractivity (Wildman–Crippen MR) is 62.2 cm³/mol. The minimum atomic E-state index is -4.67. The number of aldehydes is 1. The van der Waals surface area contributed by atoms with Crippen LogP contribution in [-0.4, -0.2) is 16.3 Å². The average molecular weight is 270 g/mol. The topological polar surface area (TPSA) is 62.8 Å². The maximum atomic E-state index is 12.9. The van der Waals surface area contributed by atoms with Crippen molar-refractivity contribution in [3.8, 4) is 0 Å². The predicted octanol–water partition coefficient (Wildman–Crippen LogP) is 2.37. The van der Waals surface area contributed by atoms with Gasteiger partial charge in [-0.2, -0.15) is 13.2 Å². The quantitative estimate of drug-likeness (QED) is 0.809. The van der Waals surface area contributed by atoms with Crippen molar-refractivity contribution in [1.29, 1.82) is 0 Å². The van der Waals surface area contributed by atoms with Crippen molar-refractivity contribution in [1.82, 2.24) is 9.97 Å². The number of hydrogen-bond acceptors (Lipinski definition) is 3. The number of carbonyl (C=O) groups is 1. The first-order valence-corrected chi connectivity index (χ1v) is 5.32. The molecule has 0 saturated heterocycles. The lowest BCUT2D eigenvalue weighted by Crippen LogP contribution is -2.16. The van der Waals surface area contributed by atoms with E-state index in [9.17, 15) is 22.8 Å². The van der Waals surface area contributed by atoms with Crippen molar-refractivity contribution in [3.63, 3.8) is 0 Å². The molecule has 1 N–H and O–H groups in total. The number of carbonyl (C=O) groups excluding carboxylic acids is 1. The minimum Gasteiger partial charge on any atom is -0.310 e. The number of H-pyrrole nitrogens is 1. The molecule has 0 spiro atoms. The maximum absolute atomic E-state index is 12.9. The molecule has 4 nitrogen and oxygen atoms in total. The highest BCUT2D eigenvalue weighted by atomic mass is 19.4. The fraction of sp³-hybridized carbons (Fsp3) is 0.250. The van der Waals surface area contributed by atoms with Gasteiger partial charge in [-0.15, -0.1) is 0 Å². The van der Waals surface area contributed by atoms with Gasteiger partial charge in [0.05, 0.1) is 16.5 Å². The van der Waals surface area contributed by atoms with Crippen LogP contribution >= 0.6 is 0 Å². The monoisotopic (exact) mass is 270 g/mol. The van der Waals surface area contributed by atoms with E-state index < -0.39 is 22.9 Å². The Bertz CT molecular complexity index is 732. The number of nitrogens with one attached hydrogen (secondary N) is 1. The zero-order chi connectivity index (χ0) is 14.4. The summed E-state index contributed by atoms with van der Waals surface area (Å²) < 4.78 is 38.6. The van der Waals surface area contributed by atoms with Crippen LogP contribution in [0, 0.1) is 13.8 Å². The number of aromatic nitrogens is 2. The van der Waals surface area contributed by atoms with Crippen LogP contribution in [-0.2, 0) is 6.18 Å². The van der Waals surface area contributed by atoms with Gasteiger partial charge >= 0.3 is 6.18 Å². The van der Waals surface area contributed by atoms with E-state index >= 15 is 0 Å². The van der Waals surface area contributed by atoms with Crippen molar-refractivity contribution in [3.05, 3.63) is 38.9 Å². The van der Waals surface area contributed by atoms with Gasteiger partial charge in [0.15, 0.2) is 6.29 Å². The van der Waals surface area contributed by atoms with Gasteiger partial charge in [0.2, 0.25) is 0 Å². The van der Waals surface area contributed by atoms with E-state index in [2.05, 4.69) is 9.97 Å². The molecular formula is C12H9F3N2O2. The highest BCUT2D eigenvalue weighted by molar-refractivity contribution is 5.92. The summed E-state index contributed by atoms with van der Waals surface area (Å²) >= 11 is 0. The third-order valence-electron chi connectivity index (χ3n) is 2.84. The molecule has 100 valence electrons. The van der Waals surface area contributed by atoms with Crippen molar-refractivity contribution < 1.29 is 18.0 Å². The van der Waals surface area contributed by atoms with Gasteiger partial charge in [-0.1, -0.05) is 0 Å².